The summed E-state index contributed by atoms with van der Waals surface area (Å²) < 4.78 is 40.6. The zero-order chi connectivity index (χ0) is 15.9. The van der Waals surface area contributed by atoms with Gasteiger partial charge in [-0.25, -0.2) is 5.01 Å². The van der Waals surface area contributed by atoms with Crippen LogP contribution in [0.5, 0.6) is 0 Å². The van der Waals surface area contributed by atoms with E-state index in [0.29, 0.717) is 0 Å². The maximum absolute atomic E-state index is 13.5. The topological polar surface area (TPSA) is 32.3 Å². The number of carbonyl (C=O) groups excluding carboxylic acids is 1. The lowest BCUT2D eigenvalue weighted by atomic mass is 9.97. The molecule has 2 aromatic rings. The van der Waals surface area contributed by atoms with E-state index in [1.54, 1.807) is 31.2 Å². The molecule has 1 saturated heterocycles. The van der Waals surface area contributed by atoms with E-state index in [4.69, 9.17) is 0 Å². The fourth-order valence-electron chi connectivity index (χ4n) is 2.92. The average molecular weight is 308 g/mol. The number of carbonyl (C=O) groups is 1. The Morgan fingerprint density at radius 2 is 1.95 bits per heavy atom. The van der Waals surface area contributed by atoms with E-state index in [2.05, 4.69) is 5.43 Å². The number of alkyl halides is 3. The monoisotopic (exact) mass is 308 g/mol. The molecule has 1 amide bonds. The van der Waals surface area contributed by atoms with Crippen molar-refractivity contribution < 1.29 is 18.0 Å². The maximum Gasteiger partial charge on any atom is 0.409 e. The van der Waals surface area contributed by atoms with Crippen LogP contribution in [0.4, 0.5) is 13.2 Å². The van der Waals surface area contributed by atoms with Gasteiger partial charge in [-0.05, 0) is 34.9 Å². The number of halogens is 3. The summed E-state index contributed by atoms with van der Waals surface area (Å²) in [5, 5.41) is 2.67. The summed E-state index contributed by atoms with van der Waals surface area (Å²) in [6, 6.07) is 8.59. The minimum absolute atomic E-state index is 0.0505. The molecule has 6 heteroatoms. The second-order valence-corrected chi connectivity index (χ2v) is 5.48. The Labute approximate surface area is 125 Å². The molecule has 0 aliphatic carbocycles. The zero-order valence-electron chi connectivity index (χ0n) is 11.9. The molecule has 3 nitrogen and oxygen atoms in total. The molecule has 0 unspecified atom stereocenters. The maximum atomic E-state index is 13.5. The van der Waals surface area contributed by atoms with Crippen LogP contribution in [-0.2, 0) is 4.79 Å². The van der Waals surface area contributed by atoms with Gasteiger partial charge < -0.3 is 0 Å². The van der Waals surface area contributed by atoms with Crippen molar-refractivity contribution in [2.24, 2.45) is 0 Å². The number of fused-ring (bicyclic) bond motifs is 1. The number of hydrogen-bond acceptors (Lipinski definition) is 2. The SMILES string of the molecule is Cc1cc([C@H](N2CCC(=O)N2)C(F)(F)F)cc2ccccc12. The summed E-state index contributed by atoms with van der Waals surface area (Å²) in [6.45, 7) is 1.84. The second kappa shape index (κ2) is 5.28. The molecule has 0 aromatic heterocycles. The van der Waals surface area contributed by atoms with Crippen LogP contribution in [0.2, 0.25) is 0 Å². The lowest BCUT2D eigenvalue weighted by Crippen LogP contribution is -2.43. The number of hydrogen-bond donors (Lipinski definition) is 1. The van der Waals surface area contributed by atoms with Gasteiger partial charge in [0.05, 0.1) is 0 Å². The normalized spacial score (nSPS) is 17.7. The minimum atomic E-state index is -4.47. The predicted octanol–water partition coefficient (Wildman–Crippen LogP) is 3.49. The van der Waals surface area contributed by atoms with Crippen LogP contribution in [0.3, 0.4) is 0 Å². The van der Waals surface area contributed by atoms with Crippen LogP contribution < -0.4 is 5.43 Å². The van der Waals surface area contributed by atoms with Crippen molar-refractivity contribution in [2.75, 3.05) is 6.54 Å². The van der Waals surface area contributed by atoms with Crippen molar-refractivity contribution in [1.82, 2.24) is 10.4 Å². The standard InChI is InChI=1S/C16H15F3N2O/c1-10-8-12(9-11-4-2-3-5-13(10)11)15(16(17,18)19)21-7-6-14(22)20-21/h2-5,8-9,15H,6-7H2,1H3,(H,20,22)/t15-/m0/s1. The smallest absolute Gasteiger partial charge is 0.288 e. The van der Waals surface area contributed by atoms with Gasteiger partial charge >= 0.3 is 6.18 Å². The van der Waals surface area contributed by atoms with Gasteiger partial charge in [0.1, 0.15) is 6.04 Å². The summed E-state index contributed by atoms with van der Waals surface area (Å²) in [5.74, 6) is -0.383. The molecule has 22 heavy (non-hydrogen) atoms. The van der Waals surface area contributed by atoms with E-state index in [-0.39, 0.29) is 24.4 Å². The largest absolute Gasteiger partial charge is 0.409 e. The Morgan fingerprint density at radius 3 is 2.59 bits per heavy atom. The molecule has 1 atom stereocenters. The van der Waals surface area contributed by atoms with E-state index >= 15 is 0 Å². The molecule has 116 valence electrons. The van der Waals surface area contributed by atoms with Gasteiger partial charge in [-0.2, -0.15) is 13.2 Å². The van der Waals surface area contributed by atoms with Gasteiger partial charge in [0.2, 0.25) is 5.91 Å². The summed E-state index contributed by atoms with van der Waals surface area (Å²) in [5.41, 5.74) is 3.23. The molecule has 0 radical (unpaired) electrons. The fourth-order valence-corrected chi connectivity index (χ4v) is 2.92. The van der Waals surface area contributed by atoms with E-state index in [9.17, 15) is 18.0 Å². The first kappa shape index (κ1) is 14.8. The molecular weight excluding hydrogens is 293 g/mol. The summed E-state index contributed by atoms with van der Waals surface area (Å²) in [7, 11) is 0. The first-order valence-corrected chi connectivity index (χ1v) is 6.98. The van der Waals surface area contributed by atoms with Crippen molar-refractivity contribution >= 4 is 16.7 Å². The second-order valence-electron chi connectivity index (χ2n) is 5.48. The predicted molar refractivity (Wildman–Crippen MR) is 76.9 cm³/mol. The third kappa shape index (κ3) is 2.66. The van der Waals surface area contributed by atoms with Crippen LogP contribution in [0.25, 0.3) is 10.8 Å². The molecule has 3 rings (SSSR count). The highest BCUT2D eigenvalue weighted by Crippen LogP contribution is 2.39. The lowest BCUT2D eigenvalue weighted by Gasteiger charge is -2.29. The highest BCUT2D eigenvalue weighted by atomic mass is 19.4. The minimum Gasteiger partial charge on any atom is -0.288 e. The first-order chi connectivity index (χ1) is 10.4. The average Bonchev–Trinajstić information content (AvgIpc) is 2.83. The number of aryl methyl sites for hydroxylation is 1. The van der Waals surface area contributed by atoms with Crippen LogP contribution in [-0.4, -0.2) is 23.6 Å². The van der Waals surface area contributed by atoms with Crippen LogP contribution >= 0.6 is 0 Å². The number of rotatable bonds is 2. The molecule has 0 spiro atoms. The van der Waals surface area contributed by atoms with Gasteiger partial charge in [-0.1, -0.05) is 30.3 Å². The Kier molecular flexibility index (Phi) is 3.56. The van der Waals surface area contributed by atoms with Crippen molar-refractivity contribution in [3.05, 3.63) is 47.5 Å². The van der Waals surface area contributed by atoms with Gasteiger partial charge in [0.15, 0.2) is 0 Å². The Hall–Kier alpha value is -2.08. The number of nitrogens with one attached hydrogen (secondary N) is 1. The zero-order valence-corrected chi connectivity index (χ0v) is 11.9. The molecule has 1 aliphatic heterocycles. The molecule has 0 saturated carbocycles. The number of benzene rings is 2. The molecule has 1 N–H and O–H groups in total. The molecule has 1 fully saturated rings. The molecular formula is C16H15F3N2O. The van der Waals surface area contributed by atoms with Crippen molar-refractivity contribution in [2.45, 2.75) is 25.6 Å². The van der Waals surface area contributed by atoms with Gasteiger partial charge in [0, 0.05) is 13.0 Å². The van der Waals surface area contributed by atoms with Gasteiger partial charge in [-0.3, -0.25) is 10.2 Å². The van der Waals surface area contributed by atoms with Crippen molar-refractivity contribution in [3.8, 4) is 0 Å². The Balaban J connectivity index is 2.10. The number of amides is 1. The summed E-state index contributed by atoms with van der Waals surface area (Å²) in [6.07, 6.45) is -4.38. The fraction of sp³-hybridized carbons (Fsp3) is 0.312. The Morgan fingerprint density at radius 1 is 1.23 bits per heavy atom. The van der Waals surface area contributed by atoms with E-state index < -0.39 is 12.2 Å². The van der Waals surface area contributed by atoms with Crippen molar-refractivity contribution in [3.63, 3.8) is 0 Å². The number of nitrogens with zero attached hydrogens (tertiary/aromatic N) is 1. The molecule has 0 bridgehead atoms. The lowest BCUT2D eigenvalue weighted by molar-refractivity contribution is -0.191. The Bertz CT molecular complexity index is 727. The highest BCUT2D eigenvalue weighted by Gasteiger charge is 2.47. The van der Waals surface area contributed by atoms with E-state index in [1.165, 1.54) is 0 Å². The molecule has 2 aromatic carbocycles. The van der Waals surface area contributed by atoms with Gasteiger partial charge in [0.25, 0.3) is 0 Å². The van der Waals surface area contributed by atoms with Gasteiger partial charge in [-0.15, -0.1) is 0 Å². The van der Waals surface area contributed by atoms with Crippen LogP contribution in [0, 0.1) is 6.92 Å². The van der Waals surface area contributed by atoms with Crippen LogP contribution in [0.1, 0.15) is 23.6 Å². The summed E-state index contributed by atoms with van der Waals surface area (Å²) in [4.78, 5) is 11.3. The molecule has 1 aliphatic rings. The third-order valence-corrected chi connectivity index (χ3v) is 3.88. The van der Waals surface area contributed by atoms with Crippen LogP contribution in [0.15, 0.2) is 36.4 Å². The van der Waals surface area contributed by atoms with E-state index in [1.807, 2.05) is 12.1 Å². The summed E-state index contributed by atoms with van der Waals surface area (Å²) >= 11 is 0. The number of hydrazine groups is 1. The molecule has 1 heterocycles. The van der Waals surface area contributed by atoms with Crippen molar-refractivity contribution in [1.29, 1.82) is 0 Å². The third-order valence-electron chi connectivity index (χ3n) is 3.88. The highest BCUT2D eigenvalue weighted by molar-refractivity contribution is 5.86. The van der Waals surface area contributed by atoms with E-state index in [0.717, 1.165) is 21.3 Å². The first-order valence-electron chi connectivity index (χ1n) is 6.98. The quantitative estimate of drug-likeness (QED) is 0.921.